The van der Waals surface area contributed by atoms with Gasteiger partial charge in [-0.3, -0.25) is 4.79 Å². The fourth-order valence-electron chi connectivity index (χ4n) is 3.70. The van der Waals surface area contributed by atoms with Gasteiger partial charge in [0.1, 0.15) is 12.2 Å². The predicted molar refractivity (Wildman–Crippen MR) is 114 cm³/mol. The number of amides is 1. The molecule has 0 radical (unpaired) electrons. The van der Waals surface area contributed by atoms with Crippen molar-refractivity contribution in [1.29, 1.82) is 0 Å². The highest BCUT2D eigenvalue weighted by Gasteiger charge is 2.29. The highest BCUT2D eigenvalue weighted by molar-refractivity contribution is 5.79. The lowest BCUT2D eigenvalue weighted by atomic mass is 9.98. The van der Waals surface area contributed by atoms with Crippen molar-refractivity contribution < 1.29 is 24.2 Å². The van der Waals surface area contributed by atoms with E-state index in [4.69, 9.17) is 9.47 Å². The van der Waals surface area contributed by atoms with E-state index in [-0.39, 0.29) is 37.9 Å². The molecule has 0 aromatic heterocycles. The average molecular weight is 411 g/mol. The van der Waals surface area contributed by atoms with Crippen LogP contribution in [-0.2, 0) is 14.3 Å². The van der Waals surface area contributed by atoms with Gasteiger partial charge in [0.25, 0.3) is 0 Å². The highest BCUT2D eigenvalue weighted by atomic mass is 16.6. The third-order valence-corrected chi connectivity index (χ3v) is 5.00. The number of aliphatic hydroxyl groups excluding tert-OH is 1. The molecule has 1 aliphatic carbocycles. The summed E-state index contributed by atoms with van der Waals surface area (Å²) in [4.78, 5) is 24.2. The number of hydrogen-bond donors (Lipinski definition) is 2. The molecule has 3 rings (SSSR count). The largest absolute Gasteiger partial charge is 0.460 e. The van der Waals surface area contributed by atoms with E-state index < -0.39 is 17.7 Å². The SMILES string of the molecule is CC(C)(C)OC(=O)CCC(CO)NC(=O)OCC1c2ccccc2-c2ccccc21. The molecule has 30 heavy (non-hydrogen) atoms. The van der Waals surface area contributed by atoms with Crippen molar-refractivity contribution in [3.8, 4) is 11.1 Å². The number of fused-ring (bicyclic) bond motifs is 3. The summed E-state index contributed by atoms with van der Waals surface area (Å²) in [5.74, 6) is -0.396. The molecule has 2 aromatic rings. The van der Waals surface area contributed by atoms with Gasteiger partial charge in [-0.2, -0.15) is 0 Å². The molecule has 1 atom stereocenters. The van der Waals surface area contributed by atoms with Crippen LogP contribution in [0.25, 0.3) is 11.1 Å². The minimum absolute atomic E-state index is 0.0301. The Balaban J connectivity index is 1.55. The van der Waals surface area contributed by atoms with Gasteiger partial charge in [-0.25, -0.2) is 4.79 Å². The molecule has 1 amide bonds. The lowest BCUT2D eigenvalue weighted by Gasteiger charge is -2.21. The predicted octanol–water partition coefficient (Wildman–Crippen LogP) is 4.01. The van der Waals surface area contributed by atoms with Crippen LogP contribution in [0.3, 0.4) is 0 Å². The van der Waals surface area contributed by atoms with E-state index in [2.05, 4.69) is 29.6 Å². The van der Waals surface area contributed by atoms with Gasteiger partial charge in [0, 0.05) is 12.3 Å². The fourth-order valence-corrected chi connectivity index (χ4v) is 3.70. The van der Waals surface area contributed by atoms with Gasteiger partial charge in [0.15, 0.2) is 0 Å². The van der Waals surface area contributed by atoms with Gasteiger partial charge < -0.3 is 19.9 Å². The Morgan fingerprint density at radius 3 is 2.13 bits per heavy atom. The van der Waals surface area contributed by atoms with Crippen LogP contribution in [0, 0.1) is 0 Å². The van der Waals surface area contributed by atoms with Gasteiger partial charge in [-0.1, -0.05) is 48.5 Å². The Morgan fingerprint density at radius 1 is 1.03 bits per heavy atom. The molecule has 0 heterocycles. The summed E-state index contributed by atoms with van der Waals surface area (Å²) < 4.78 is 10.7. The van der Waals surface area contributed by atoms with Crippen LogP contribution in [0.4, 0.5) is 4.79 Å². The monoisotopic (exact) mass is 411 g/mol. The van der Waals surface area contributed by atoms with Crippen molar-refractivity contribution in [3.63, 3.8) is 0 Å². The van der Waals surface area contributed by atoms with E-state index >= 15 is 0 Å². The van der Waals surface area contributed by atoms with Crippen molar-refractivity contribution in [2.24, 2.45) is 0 Å². The van der Waals surface area contributed by atoms with Crippen LogP contribution < -0.4 is 5.32 Å². The number of rotatable bonds is 7. The third kappa shape index (κ3) is 5.39. The second-order valence-corrected chi connectivity index (χ2v) is 8.47. The van der Waals surface area contributed by atoms with Gasteiger partial charge in [0.2, 0.25) is 0 Å². The lowest BCUT2D eigenvalue weighted by Crippen LogP contribution is -2.39. The van der Waals surface area contributed by atoms with Crippen molar-refractivity contribution >= 4 is 12.1 Å². The molecule has 1 unspecified atom stereocenters. The van der Waals surface area contributed by atoms with Crippen LogP contribution in [0.15, 0.2) is 48.5 Å². The van der Waals surface area contributed by atoms with Gasteiger partial charge in [-0.05, 0) is 49.4 Å². The molecule has 0 fully saturated rings. The molecular formula is C24H29NO5. The Hall–Kier alpha value is -2.86. The molecule has 0 saturated heterocycles. The van der Waals surface area contributed by atoms with Crippen molar-refractivity contribution in [1.82, 2.24) is 5.32 Å². The maximum Gasteiger partial charge on any atom is 0.407 e. The normalized spacial score (nSPS) is 13.9. The highest BCUT2D eigenvalue weighted by Crippen LogP contribution is 2.44. The Kier molecular flexibility index (Phi) is 6.77. The standard InChI is InChI=1S/C24H29NO5/c1-24(2,3)30-22(27)13-12-16(14-26)25-23(28)29-15-21-19-10-6-4-8-17(19)18-9-5-7-11-20(18)21/h4-11,16,21,26H,12-15H2,1-3H3,(H,25,28). The van der Waals surface area contributed by atoms with Crippen LogP contribution >= 0.6 is 0 Å². The average Bonchev–Trinajstić information content (AvgIpc) is 3.02. The number of ether oxygens (including phenoxy) is 2. The van der Waals surface area contributed by atoms with Crippen LogP contribution in [0.2, 0.25) is 0 Å². The van der Waals surface area contributed by atoms with E-state index in [1.807, 2.05) is 24.3 Å². The molecule has 2 aromatic carbocycles. The molecule has 2 N–H and O–H groups in total. The van der Waals surface area contributed by atoms with Gasteiger partial charge >= 0.3 is 12.1 Å². The zero-order chi connectivity index (χ0) is 21.7. The van der Waals surface area contributed by atoms with Gasteiger partial charge in [-0.15, -0.1) is 0 Å². The first-order valence-electron chi connectivity index (χ1n) is 10.2. The minimum Gasteiger partial charge on any atom is -0.460 e. The van der Waals surface area contributed by atoms with E-state index in [1.165, 1.54) is 0 Å². The third-order valence-electron chi connectivity index (χ3n) is 5.00. The minimum atomic E-state index is -0.611. The number of esters is 1. The number of nitrogens with one attached hydrogen (secondary N) is 1. The van der Waals surface area contributed by atoms with Gasteiger partial charge in [0.05, 0.1) is 12.6 Å². The molecule has 0 saturated carbocycles. The fraction of sp³-hybridized carbons (Fsp3) is 0.417. The van der Waals surface area contributed by atoms with Crippen LogP contribution in [0.5, 0.6) is 0 Å². The summed E-state index contributed by atoms with van der Waals surface area (Å²) in [6.07, 6.45) is -0.234. The zero-order valence-corrected chi connectivity index (χ0v) is 17.7. The molecule has 0 spiro atoms. The second-order valence-electron chi connectivity index (χ2n) is 8.47. The summed E-state index contributed by atoms with van der Waals surface area (Å²) >= 11 is 0. The van der Waals surface area contributed by atoms with E-state index in [0.29, 0.717) is 0 Å². The second kappa shape index (κ2) is 9.30. The Labute approximate surface area is 177 Å². The first-order valence-corrected chi connectivity index (χ1v) is 10.2. The van der Waals surface area contributed by atoms with Crippen molar-refractivity contribution in [3.05, 3.63) is 59.7 Å². The molecule has 6 nitrogen and oxygen atoms in total. The van der Waals surface area contributed by atoms with Crippen molar-refractivity contribution in [2.45, 2.75) is 51.2 Å². The van der Waals surface area contributed by atoms with E-state index in [9.17, 15) is 14.7 Å². The van der Waals surface area contributed by atoms with E-state index in [0.717, 1.165) is 22.3 Å². The number of aliphatic hydroxyl groups is 1. The maximum absolute atomic E-state index is 12.3. The van der Waals surface area contributed by atoms with Crippen LogP contribution in [0.1, 0.15) is 50.7 Å². The zero-order valence-electron chi connectivity index (χ0n) is 17.7. The quantitative estimate of drug-likeness (QED) is 0.673. The number of hydrogen-bond acceptors (Lipinski definition) is 5. The molecule has 1 aliphatic rings. The summed E-state index contributed by atoms with van der Waals surface area (Å²) in [5.41, 5.74) is 4.03. The lowest BCUT2D eigenvalue weighted by molar-refractivity contribution is -0.155. The van der Waals surface area contributed by atoms with Crippen molar-refractivity contribution in [2.75, 3.05) is 13.2 Å². The topological polar surface area (TPSA) is 84.9 Å². The summed E-state index contributed by atoms with van der Waals surface area (Å²) in [5, 5.41) is 12.2. The van der Waals surface area contributed by atoms with E-state index in [1.54, 1.807) is 20.8 Å². The number of carbonyl (C=O) groups excluding carboxylic acids is 2. The number of carbonyl (C=O) groups is 2. The summed E-state index contributed by atoms with van der Waals surface area (Å²) in [7, 11) is 0. The molecular weight excluding hydrogens is 382 g/mol. The molecule has 6 heteroatoms. The summed E-state index contributed by atoms with van der Waals surface area (Å²) in [6, 6.07) is 15.7. The molecule has 0 bridgehead atoms. The van der Waals surface area contributed by atoms with Crippen LogP contribution in [-0.4, -0.2) is 42.0 Å². The Morgan fingerprint density at radius 2 is 1.60 bits per heavy atom. The number of alkyl carbamates (subject to hydrolysis) is 1. The smallest absolute Gasteiger partial charge is 0.407 e. The first kappa shape index (κ1) is 21.8. The molecule has 160 valence electrons. The number of benzene rings is 2. The maximum atomic E-state index is 12.3. The first-order chi connectivity index (χ1) is 14.3. The Bertz CT molecular complexity index is 857. The summed E-state index contributed by atoms with van der Waals surface area (Å²) in [6.45, 7) is 5.30. The molecule has 0 aliphatic heterocycles.